The molecule has 0 radical (unpaired) electrons. The van der Waals surface area contributed by atoms with Gasteiger partial charge >= 0.3 is 12.0 Å². The molecule has 0 bridgehead atoms. The van der Waals surface area contributed by atoms with Crippen LogP contribution in [0.2, 0.25) is 0 Å². The predicted octanol–water partition coefficient (Wildman–Crippen LogP) is 3.53. The van der Waals surface area contributed by atoms with Crippen molar-refractivity contribution < 1.29 is 23.5 Å². The highest BCUT2D eigenvalue weighted by Crippen LogP contribution is 2.42. The summed E-state index contributed by atoms with van der Waals surface area (Å²) < 4.78 is 18.7. The molecule has 0 spiro atoms. The van der Waals surface area contributed by atoms with Crippen molar-refractivity contribution in [3.63, 3.8) is 0 Å². The fourth-order valence-electron chi connectivity index (χ4n) is 3.49. The molecule has 2 aromatic rings. The van der Waals surface area contributed by atoms with Gasteiger partial charge in [-0.15, -0.1) is 0 Å². The summed E-state index contributed by atoms with van der Waals surface area (Å²) in [5.74, 6) is -1.88. The highest BCUT2D eigenvalue weighted by Gasteiger charge is 2.44. The number of nitrogens with one attached hydrogen (secondary N) is 2. The zero-order valence-corrected chi connectivity index (χ0v) is 15.2. The SMILES string of the molecule is O=C(COC(=O)C1(c2ccccc2)CCCC1)NC(=O)Nc1ccccc1F. The Labute approximate surface area is 162 Å². The lowest BCUT2D eigenvalue weighted by Crippen LogP contribution is -2.40. The molecule has 2 N–H and O–H groups in total. The van der Waals surface area contributed by atoms with Gasteiger partial charge in [0, 0.05) is 0 Å². The van der Waals surface area contributed by atoms with E-state index in [1.165, 1.54) is 18.2 Å². The maximum atomic E-state index is 13.5. The van der Waals surface area contributed by atoms with Crippen molar-refractivity contribution in [1.29, 1.82) is 0 Å². The number of rotatable bonds is 5. The Morgan fingerprint density at radius 1 is 0.964 bits per heavy atom. The van der Waals surface area contributed by atoms with E-state index in [-0.39, 0.29) is 5.69 Å². The van der Waals surface area contributed by atoms with Crippen molar-refractivity contribution in [1.82, 2.24) is 5.32 Å². The molecular weight excluding hydrogens is 363 g/mol. The van der Waals surface area contributed by atoms with Crippen molar-refractivity contribution >= 4 is 23.6 Å². The van der Waals surface area contributed by atoms with Crippen LogP contribution in [-0.2, 0) is 19.7 Å². The van der Waals surface area contributed by atoms with E-state index >= 15 is 0 Å². The molecule has 7 heteroatoms. The number of hydrogen-bond acceptors (Lipinski definition) is 4. The maximum absolute atomic E-state index is 13.5. The number of para-hydroxylation sites is 1. The third-order valence-corrected chi connectivity index (χ3v) is 4.88. The van der Waals surface area contributed by atoms with Gasteiger partial charge in [0.15, 0.2) is 6.61 Å². The first kappa shape index (κ1) is 19.5. The number of esters is 1. The largest absolute Gasteiger partial charge is 0.455 e. The van der Waals surface area contributed by atoms with Gasteiger partial charge in [-0.3, -0.25) is 14.9 Å². The highest BCUT2D eigenvalue weighted by molar-refractivity contribution is 6.02. The van der Waals surface area contributed by atoms with Crippen LogP contribution >= 0.6 is 0 Å². The molecule has 1 fully saturated rings. The zero-order chi connectivity index (χ0) is 20.0. The molecule has 1 aliphatic carbocycles. The lowest BCUT2D eigenvalue weighted by Gasteiger charge is -2.27. The Hall–Kier alpha value is -3.22. The lowest BCUT2D eigenvalue weighted by molar-refractivity contribution is -0.154. The van der Waals surface area contributed by atoms with Crippen molar-refractivity contribution in [2.45, 2.75) is 31.1 Å². The second-order valence-corrected chi connectivity index (χ2v) is 6.71. The molecule has 1 aliphatic rings. The Morgan fingerprint density at radius 2 is 1.61 bits per heavy atom. The first-order chi connectivity index (χ1) is 13.5. The summed E-state index contributed by atoms with van der Waals surface area (Å²) >= 11 is 0. The molecular formula is C21H21FN2O4. The van der Waals surface area contributed by atoms with Crippen molar-refractivity contribution in [3.8, 4) is 0 Å². The van der Waals surface area contributed by atoms with Gasteiger partial charge in [-0.25, -0.2) is 9.18 Å². The zero-order valence-electron chi connectivity index (χ0n) is 15.2. The van der Waals surface area contributed by atoms with Crippen molar-refractivity contribution in [3.05, 3.63) is 66.0 Å². The molecule has 2 aromatic carbocycles. The molecule has 0 aromatic heterocycles. The van der Waals surface area contributed by atoms with Crippen LogP contribution in [0.3, 0.4) is 0 Å². The monoisotopic (exact) mass is 384 g/mol. The highest BCUT2D eigenvalue weighted by atomic mass is 19.1. The van der Waals surface area contributed by atoms with Gasteiger partial charge in [-0.05, 0) is 30.5 Å². The number of benzene rings is 2. The number of halogens is 1. The Bertz CT molecular complexity index is 864. The summed E-state index contributed by atoms with van der Waals surface area (Å²) in [5, 5.41) is 4.25. The minimum Gasteiger partial charge on any atom is -0.455 e. The number of carbonyl (C=O) groups excluding carboxylic acids is 3. The van der Waals surface area contributed by atoms with Crippen LogP contribution in [0.25, 0.3) is 0 Å². The Balaban J connectivity index is 1.55. The Morgan fingerprint density at radius 3 is 2.29 bits per heavy atom. The van der Waals surface area contributed by atoms with Crippen LogP contribution in [0.1, 0.15) is 31.2 Å². The van der Waals surface area contributed by atoms with Gasteiger partial charge < -0.3 is 10.1 Å². The normalized spacial score (nSPS) is 14.9. The molecule has 0 atom stereocenters. The number of hydrogen-bond donors (Lipinski definition) is 2. The number of ether oxygens (including phenoxy) is 1. The van der Waals surface area contributed by atoms with Gasteiger partial charge in [0.05, 0.1) is 11.1 Å². The molecule has 0 aliphatic heterocycles. The molecule has 0 saturated heterocycles. The van der Waals surface area contributed by atoms with Gasteiger partial charge in [-0.1, -0.05) is 55.3 Å². The van der Waals surface area contributed by atoms with E-state index in [0.29, 0.717) is 12.8 Å². The number of anilines is 1. The molecule has 28 heavy (non-hydrogen) atoms. The van der Waals surface area contributed by atoms with E-state index in [9.17, 15) is 18.8 Å². The van der Waals surface area contributed by atoms with Crippen LogP contribution in [0.4, 0.5) is 14.9 Å². The number of carbonyl (C=O) groups is 3. The second kappa shape index (κ2) is 8.65. The molecule has 3 amide bonds. The topological polar surface area (TPSA) is 84.5 Å². The first-order valence-electron chi connectivity index (χ1n) is 9.09. The van der Waals surface area contributed by atoms with E-state index in [4.69, 9.17) is 4.74 Å². The molecule has 3 rings (SSSR count). The molecule has 0 unspecified atom stereocenters. The lowest BCUT2D eigenvalue weighted by atomic mass is 9.79. The average molecular weight is 384 g/mol. The van der Waals surface area contributed by atoms with Gasteiger partial charge in [0.1, 0.15) is 5.82 Å². The second-order valence-electron chi connectivity index (χ2n) is 6.71. The molecule has 6 nitrogen and oxygen atoms in total. The summed E-state index contributed by atoms with van der Waals surface area (Å²) in [4.78, 5) is 36.5. The number of imide groups is 1. The average Bonchev–Trinajstić information content (AvgIpc) is 3.20. The van der Waals surface area contributed by atoms with Crippen LogP contribution in [0.5, 0.6) is 0 Å². The summed E-state index contributed by atoms with van der Waals surface area (Å²) in [6.45, 7) is -0.585. The van der Waals surface area contributed by atoms with Gasteiger partial charge in [-0.2, -0.15) is 0 Å². The van der Waals surface area contributed by atoms with Crippen LogP contribution < -0.4 is 10.6 Å². The predicted molar refractivity (Wildman–Crippen MR) is 101 cm³/mol. The molecule has 1 saturated carbocycles. The van der Waals surface area contributed by atoms with E-state index in [0.717, 1.165) is 18.4 Å². The minimum absolute atomic E-state index is 0.0567. The van der Waals surface area contributed by atoms with Crippen LogP contribution in [0, 0.1) is 5.82 Å². The van der Waals surface area contributed by atoms with E-state index in [1.54, 1.807) is 6.07 Å². The fraction of sp³-hybridized carbons (Fsp3) is 0.286. The van der Waals surface area contributed by atoms with Crippen LogP contribution in [-0.4, -0.2) is 24.5 Å². The van der Waals surface area contributed by atoms with Crippen molar-refractivity contribution in [2.24, 2.45) is 0 Å². The number of urea groups is 1. The fourth-order valence-corrected chi connectivity index (χ4v) is 3.49. The standard InChI is InChI=1S/C21H21FN2O4/c22-16-10-4-5-11-17(16)23-20(27)24-18(25)14-28-19(26)21(12-6-7-13-21)15-8-2-1-3-9-15/h1-5,8-11H,6-7,12-14H2,(H2,23,24,25,27). The van der Waals surface area contributed by atoms with Gasteiger partial charge in [0.2, 0.25) is 0 Å². The van der Waals surface area contributed by atoms with Crippen LogP contribution in [0.15, 0.2) is 54.6 Å². The molecule has 146 valence electrons. The Kier molecular flexibility index (Phi) is 6.03. The van der Waals surface area contributed by atoms with Gasteiger partial charge in [0.25, 0.3) is 5.91 Å². The van der Waals surface area contributed by atoms with Crippen molar-refractivity contribution in [2.75, 3.05) is 11.9 Å². The summed E-state index contributed by atoms with van der Waals surface area (Å²) in [7, 11) is 0. The summed E-state index contributed by atoms with van der Waals surface area (Å²) in [6, 6.07) is 14.0. The molecule has 0 heterocycles. The smallest absolute Gasteiger partial charge is 0.326 e. The van der Waals surface area contributed by atoms with E-state index < -0.39 is 35.7 Å². The quantitative estimate of drug-likeness (QED) is 0.773. The van der Waals surface area contributed by atoms with E-state index in [1.807, 2.05) is 35.6 Å². The number of amides is 3. The third kappa shape index (κ3) is 4.36. The first-order valence-corrected chi connectivity index (χ1v) is 9.09. The summed E-state index contributed by atoms with van der Waals surface area (Å²) in [5.41, 5.74) is 0.0609. The van der Waals surface area contributed by atoms with E-state index in [2.05, 4.69) is 5.32 Å². The third-order valence-electron chi connectivity index (χ3n) is 4.88. The minimum atomic E-state index is -0.898. The maximum Gasteiger partial charge on any atom is 0.326 e. The summed E-state index contributed by atoms with van der Waals surface area (Å²) in [6.07, 6.45) is 3.12.